The fourth-order valence-electron chi connectivity index (χ4n) is 2.11. The summed E-state index contributed by atoms with van der Waals surface area (Å²) in [5.74, 6) is 0.152. The van der Waals surface area contributed by atoms with Crippen LogP contribution < -0.4 is 9.86 Å². The second kappa shape index (κ2) is 6.31. The molecule has 0 radical (unpaired) electrons. The monoisotopic (exact) mass is 354 g/mol. The third kappa shape index (κ3) is 4.10. The lowest BCUT2D eigenvalue weighted by Gasteiger charge is -2.15. The highest BCUT2D eigenvalue weighted by Gasteiger charge is 2.18. The summed E-state index contributed by atoms with van der Waals surface area (Å²) in [6.07, 6.45) is 0. The Kier molecular flexibility index (Phi) is 4.79. The lowest BCUT2D eigenvalue weighted by molar-refractivity contribution is 0.595. The summed E-state index contributed by atoms with van der Waals surface area (Å²) < 4.78 is 49.9. The van der Waals surface area contributed by atoms with E-state index in [1.165, 1.54) is 12.1 Å². The van der Waals surface area contributed by atoms with Gasteiger partial charge in [-0.15, -0.1) is 0 Å². The Balaban J connectivity index is 2.37. The largest absolute Gasteiger partial charge is 0.279 e. The molecule has 0 amide bonds. The van der Waals surface area contributed by atoms with Gasteiger partial charge in [-0.05, 0) is 41.8 Å². The number of sulfonamides is 2. The van der Waals surface area contributed by atoms with Crippen molar-refractivity contribution < 1.29 is 16.8 Å². The van der Waals surface area contributed by atoms with Crippen LogP contribution in [0.1, 0.15) is 25.3 Å². The summed E-state index contributed by atoms with van der Waals surface area (Å²) in [7, 11) is -7.67. The molecule has 0 atom stereocenters. The van der Waals surface area contributed by atoms with Crippen molar-refractivity contribution in [2.75, 3.05) is 4.72 Å². The summed E-state index contributed by atoms with van der Waals surface area (Å²) in [5, 5.41) is 5.00. The standard InChI is InChI=1S/C15H18N2O4S2/c1-11(2)14-5-3-4-6-15(14)17-23(20,21)13-9-7-12(8-10-13)22(16,18)19/h3-11,17H,1-2H3,(H2,16,18,19). The van der Waals surface area contributed by atoms with E-state index >= 15 is 0 Å². The molecule has 2 aromatic carbocycles. The average molecular weight is 354 g/mol. The maximum atomic E-state index is 12.4. The molecule has 0 bridgehead atoms. The Hall–Kier alpha value is -1.90. The van der Waals surface area contributed by atoms with Crippen LogP contribution in [0.3, 0.4) is 0 Å². The highest BCUT2D eigenvalue weighted by atomic mass is 32.2. The first-order valence-corrected chi connectivity index (χ1v) is 9.89. The van der Waals surface area contributed by atoms with E-state index in [1.54, 1.807) is 12.1 Å². The SMILES string of the molecule is CC(C)c1ccccc1NS(=O)(=O)c1ccc(S(N)(=O)=O)cc1. The summed E-state index contributed by atoms with van der Waals surface area (Å²) >= 11 is 0. The zero-order valence-corrected chi connectivity index (χ0v) is 14.4. The molecule has 0 spiro atoms. The van der Waals surface area contributed by atoms with Gasteiger partial charge in [0.25, 0.3) is 10.0 Å². The minimum absolute atomic E-state index is 0.0385. The number of rotatable bonds is 5. The van der Waals surface area contributed by atoms with Crippen LogP contribution in [-0.4, -0.2) is 16.8 Å². The highest BCUT2D eigenvalue weighted by molar-refractivity contribution is 7.92. The number of para-hydroxylation sites is 1. The summed E-state index contributed by atoms with van der Waals surface area (Å²) in [5.41, 5.74) is 1.37. The summed E-state index contributed by atoms with van der Waals surface area (Å²) in [6, 6.07) is 11.9. The third-order valence-electron chi connectivity index (χ3n) is 3.29. The molecule has 0 aliphatic heterocycles. The first-order valence-electron chi connectivity index (χ1n) is 6.86. The van der Waals surface area contributed by atoms with E-state index in [2.05, 4.69) is 4.72 Å². The van der Waals surface area contributed by atoms with Gasteiger partial charge in [0.2, 0.25) is 10.0 Å². The molecular formula is C15H18N2O4S2. The fourth-order valence-corrected chi connectivity index (χ4v) is 3.71. The molecule has 0 aromatic heterocycles. The van der Waals surface area contributed by atoms with Crippen LogP contribution in [0.15, 0.2) is 58.3 Å². The molecule has 23 heavy (non-hydrogen) atoms. The molecule has 6 nitrogen and oxygen atoms in total. The molecule has 2 aromatic rings. The van der Waals surface area contributed by atoms with Crippen LogP contribution >= 0.6 is 0 Å². The molecule has 0 saturated heterocycles. The van der Waals surface area contributed by atoms with Gasteiger partial charge >= 0.3 is 0 Å². The Morgan fingerprint density at radius 3 is 1.91 bits per heavy atom. The maximum absolute atomic E-state index is 12.4. The van der Waals surface area contributed by atoms with Gasteiger partial charge < -0.3 is 0 Å². The van der Waals surface area contributed by atoms with Gasteiger partial charge in [-0.1, -0.05) is 32.0 Å². The maximum Gasteiger partial charge on any atom is 0.261 e. The molecule has 0 saturated carbocycles. The number of nitrogens with two attached hydrogens (primary N) is 1. The lowest BCUT2D eigenvalue weighted by atomic mass is 10.0. The molecule has 124 valence electrons. The van der Waals surface area contributed by atoms with E-state index < -0.39 is 20.0 Å². The lowest BCUT2D eigenvalue weighted by Crippen LogP contribution is -2.16. The Morgan fingerprint density at radius 1 is 0.870 bits per heavy atom. The smallest absolute Gasteiger partial charge is 0.261 e. The van der Waals surface area contributed by atoms with Crippen LogP contribution in [0.4, 0.5) is 5.69 Å². The van der Waals surface area contributed by atoms with E-state index in [4.69, 9.17) is 5.14 Å². The molecule has 0 unspecified atom stereocenters. The molecule has 3 N–H and O–H groups in total. The Morgan fingerprint density at radius 2 is 1.39 bits per heavy atom. The zero-order chi connectivity index (χ0) is 17.3. The minimum atomic E-state index is -3.86. The van der Waals surface area contributed by atoms with Gasteiger partial charge in [0.15, 0.2) is 0 Å². The van der Waals surface area contributed by atoms with Crippen LogP contribution in [-0.2, 0) is 20.0 Å². The van der Waals surface area contributed by atoms with Gasteiger partial charge in [-0.2, -0.15) is 0 Å². The number of benzene rings is 2. The first-order chi connectivity index (χ1) is 10.6. The van der Waals surface area contributed by atoms with Gasteiger partial charge in [0.1, 0.15) is 0 Å². The molecule has 0 fully saturated rings. The second-order valence-electron chi connectivity index (χ2n) is 5.36. The molecular weight excluding hydrogens is 336 g/mol. The number of anilines is 1. The van der Waals surface area contributed by atoms with Gasteiger partial charge in [-0.25, -0.2) is 22.0 Å². The molecule has 0 aliphatic carbocycles. The summed E-state index contributed by atoms with van der Waals surface area (Å²) in [4.78, 5) is -0.178. The van der Waals surface area contributed by atoms with Crippen molar-refractivity contribution in [3.05, 3.63) is 54.1 Å². The fraction of sp³-hybridized carbons (Fsp3) is 0.200. The highest BCUT2D eigenvalue weighted by Crippen LogP contribution is 2.26. The average Bonchev–Trinajstić information content (AvgIpc) is 2.46. The van der Waals surface area contributed by atoms with Crippen molar-refractivity contribution in [3.8, 4) is 0 Å². The minimum Gasteiger partial charge on any atom is -0.279 e. The van der Waals surface area contributed by atoms with E-state index in [-0.39, 0.29) is 15.7 Å². The van der Waals surface area contributed by atoms with Crippen molar-refractivity contribution in [1.82, 2.24) is 0 Å². The van der Waals surface area contributed by atoms with Crippen molar-refractivity contribution in [1.29, 1.82) is 0 Å². The van der Waals surface area contributed by atoms with Gasteiger partial charge in [-0.3, -0.25) is 4.72 Å². The van der Waals surface area contributed by atoms with Crippen LogP contribution in [0, 0.1) is 0 Å². The number of nitrogens with one attached hydrogen (secondary N) is 1. The molecule has 0 heterocycles. The van der Waals surface area contributed by atoms with Crippen molar-refractivity contribution in [3.63, 3.8) is 0 Å². The predicted molar refractivity (Wildman–Crippen MR) is 89.2 cm³/mol. The predicted octanol–water partition coefficient (Wildman–Crippen LogP) is 2.26. The van der Waals surface area contributed by atoms with Crippen LogP contribution in [0.5, 0.6) is 0 Å². The Labute approximate surface area is 136 Å². The molecule has 0 aliphatic rings. The Bertz CT molecular complexity index is 903. The first kappa shape index (κ1) is 17.5. The number of hydrogen-bond acceptors (Lipinski definition) is 4. The zero-order valence-electron chi connectivity index (χ0n) is 12.7. The normalized spacial score (nSPS) is 12.3. The van der Waals surface area contributed by atoms with E-state index in [9.17, 15) is 16.8 Å². The van der Waals surface area contributed by atoms with Crippen molar-refractivity contribution >= 4 is 25.7 Å². The van der Waals surface area contributed by atoms with Crippen molar-refractivity contribution in [2.24, 2.45) is 5.14 Å². The van der Waals surface area contributed by atoms with E-state index in [1.807, 2.05) is 26.0 Å². The second-order valence-corrected chi connectivity index (χ2v) is 8.61. The van der Waals surface area contributed by atoms with Gasteiger partial charge in [0, 0.05) is 0 Å². The van der Waals surface area contributed by atoms with Gasteiger partial charge in [0.05, 0.1) is 15.5 Å². The summed E-state index contributed by atoms with van der Waals surface area (Å²) in [6.45, 7) is 3.93. The topological polar surface area (TPSA) is 106 Å². The van der Waals surface area contributed by atoms with E-state index in [0.717, 1.165) is 17.7 Å². The molecule has 2 rings (SSSR count). The van der Waals surface area contributed by atoms with Crippen LogP contribution in [0.25, 0.3) is 0 Å². The van der Waals surface area contributed by atoms with Crippen molar-refractivity contribution in [2.45, 2.75) is 29.6 Å². The van der Waals surface area contributed by atoms with Crippen LogP contribution in [0.2, 0.25) is 0 Å². The molecule has 8 heteroatoms. The number of hydrogen-bond donors (Lipinski definition) is 2. The number of primary sulfonamides is 1. The van der Waals surface area contributed by atoms with E-state index in [0.29, 0.717) is 5.69 Å². The third-order valence-corrected chi connectivity index (χ3v) is 5.60. The quantitative estimate of drug-likeness (QED) is 0.859.